The number of hydrogen-bond acceptors (Lipinski definition) is 4. The van der Waals surface area contributed by atoms with E-state index in [1.54, 1.807) is 18.3 Å². The van der Waals surface area contributed by atoms with Gasteiger partial charge in [0, 0.05) is 23.6 Å². The summed E-state index contributed by atoms with van der Waals surface area (Å²) in [7, 11) is 0. The lowest BCUT2D eigenvalue weighted by Crippen LogP contribution is -2.13. The molecular formula is C23H21N3O2. The number of para-hydroxylation sites is 2. The van der Waals surface area contributed by atoms with Crippen molar-refractivity contribution in [1.29, 1.82) is 0 Å². The van der Waals surface area contributed by atoms with E-state index in [2.05, 4.69) is 10.3 Å². The van der Waals surface area contributed by atoms with E-state index in [1.165, 1.54) is 0 Å². The van der Waals surface area contributed by atoms with Gasteiger partial charge < -0.3 is 10.4 Å². The fraction of sp³-hybridized carbons (Fsp3) is 0.130. The molecule has 140 valence electrons. The molecular weight excluding hydrogens is 350 g/mol. The van der Waals surface area contributed by atoms with Crippen molar-refractivity contribution in [2.24, 2.45) is 0 Å². The van der Waals surface area contributed by atoms with Crippen LogP contribution in [0.3, 0.4) is 0 Å². The Kier molecular flexibility index (Phi) is 4.91. The third kappa shape index (κ3) is 3.40. The minimum atomic E-state index is -0.672. The first-order valence-corrected chi connectivity index (χ1v) is 9.28. The molecule has 0 saturated carbocycles. The van der Waals surface area contributed by atoms with Crippen molar-refractivity contribution in [2.75, 3.05) is 5.32 Å². The van der Waals surface area contributed by atoms with Gasteiger partial charge in [-0.3, -0.25) is 14.3 Å². The smallest absolute Gasteiger partial charge is 0.193 e. The van der Waals surface area contributed by atoms with Crippen LogP contribution in [0.5, 0.6) is 0 Å². The number of hydrogen-bond donors (Lipinski definition) is 2. The standard InChI is InChI=1S/C23H21N3O2/c1-2-21(27)19-13-20-18(15-24-19)22(28)14-23(25-16-9-5-3-6-10-16)26(20)17-11-7-4-8-12-17/h3-15,21,25,27H,2H2,1H3. The summed E-state index contributed by atoms with van der Waals surface area (Å²) >= 11 is 0. The van der Waals surface area contributed by atoms with Crippen molar-refractivity contribution < 1.29 is 5.11 Å². The zero-order chi connectivity index (χ0) is 19.5. The average Bonchev–Trinajstić information content (AvgIpc) is 2.74. The number of nitrogens with one attached hydrogen (secondary N) is 1. The fourth-order valence-corrected chi connectivity index (χ4v) is 3.24. The van der Waals surface area contributed by atoms with Crippen LogP contribution in [-0.2, 0) is 0 Å². The molecule has 28 heavy (non-hydrogen) atoms. The van der Waals surface area contributed by atoms with Crippen LogP contribution in [0.1, 0.15) is 25.1 Å². The number of benzene rings is 2. The quantitative estimate of drug-likeness (QED) is 0.539. The Morgan fingerprint density at radius 1 is 1.04 bits per heavy atom. The summed E-state index contributed by atoms with van der Waals surface area (Å²) in [6.07, 6.45) is 1.43. The lowest BCUT2D eigenvalue weighted by atomic mass is 10.1. The first kappa shape index (κ1) is 17.9. The maximum absolute atomic E-state index is 12.8. The normalized spacial score (nSPS) is 12.1. The van der Waals surface area contributed by atoms with Gasteiger partial charge in [-0.15, -0.1) is 0 Å². The first-order chi connectivity index (χ1) is 13.7. The van der Waals surface area contributed by atoms with Gasteiger partial charge in [-0.2, -0.15) is 0 Å². The number of aliphatic hydroxyl groups excluding tert-OH is 1. The molecule has 0 bridgehead atoms. The molecule has 0 radical (unpaired) electrons. The second-order valence-electron chi connectivity index (χ2n) is 6.61. The molecule has 4 aromatic rings. The molecule has 2 aromatic carbocycles. The molecule has 1 unspecified atom stereocenters. The lowest BCUT2D eigenvalue weighted by molar-refractivity contribution is 0.169. The summed E-state index contributed by atoms with van der Waals surface area (Å²) in [6, 6.07) is 22.9. The molecule has 0 aliphatic rings. The van der Waals surface area contributed by atoms with Crippen molar-refractivity contribution in [3.05, 3.63) is 94.9 Å². The Balaban J connectivity index is 2.01. The number of fused-ring (bicyclic) bond motifs is 1. The molecule has 2 N–H and O–H groups in total. The first-order valence-electron chi connectivity index (χ1n) is 9.28. The van der Waals surface area contributed by atoms with Gasteiger partial charge in [0.2, 0.25) is 0 Å². The van der Waals surface area contributed by atoms with Crippen molar-refractivity contribution in [3.63, 3.8) is 0 Å². The van der Waals surface area contributed by atoms with E-state index in [0.717, 1.165) is 11.4 Å². The predicted octanol–water partition coefficient (Wildman–Crippen LogP) is 4.57. The topological polar surface area (TPSA) is 67.2 Å². The van der Waals surface area contributed by atoms with Gasteiger partial charge in [0.1, 0.15) is 5.82 Å². The summed E-state index contributed by atoms with van der Waals surface area (Å²) in [6.45, 7) is 1.90. The van der Waals surface area contributed by atoms with Gasteiger partial charge in [0.05, 0.1) is 22.7 Å². The van der Waals surface area contributed by atoms with E-state index < -0.39 is 6.10 Å². The number of pyridine rings is 2. The summed E-state index contributed by atoms with van der Waals surface area (Å²) in [5.74, 6) is 0.651. The zero-order valence-electron chi connectivity index (χ0n) is 15.5. The average molecular weight is 371 g/mol. The minimum Gasteiger partial charge on any atom is -0.387 e. The Morgan fingerprint density at radius 3 is 2.39 bits per heavy atom. The number of aliphatic hydroxyl groups is 1. The monoisotopic (exact) mass is 371 g/mol. The fourth-order valence-electron chi connectivity index (χ4n) is 3.24. The lowest BCUT2D eigenvalue weighted by Gasteiger charge is -2.19. The van der Waals surface area contributed by atoms with Crippen LogP contribution >= 0.6 is 0 Å². The molecule has 4 rings (SSSR count). The SMILES string of the molecule is CCC(O)c1cc2c(cn1)c(=O)cc(Nc1ccccc1)n2-c1ccccc1. The van der Waals surface area contributed by atoms with Crippen molar-refractivity contribution in [2.45, 2.75) is 19.4 Å². The van der Waals surface area contributed by atoms with Crippen LogP contribution in [0.15, 0.2) is 83.8 Å². The van der Waals surface area contributed by atoms with Gasteiger partial charge in [-0.25, -0.2) is 0 Å². The van der Waals surface area contributed by atoms with Gasteiger partial charge in [-0.05, 0) is 36.8 Å². The van der Waals surface area contributed by atoms with E-state index in [0.29, 0.717) is 28.8 Å². The van der Waals surface area contributed by atoms with Crippen molar-refractivity contribution >= 4 is 22.4 Å². The largest absolute Gasteiger partial charge is 0.387 e. The number of aromatic nitrogens is 2. The Labute approximate surface area is 162 Å². The second kappa shape index (κ2) is 7.66. The highest BCUT2D eigenvalue weighted by molar-refractivity contribution is 5.83. The number of rotatable bonds is 5. The predicted molar refractivity (Wildman–Crippen MR) is 112 cm³/mol. The van der Waals surface area contributed by atoms with Crippen LogP contribution in [0, 0.1) is 0 Å². The molecule has 0 spiro atoms. The van der Waals surface area contributed by atoms with Gasteiger partial charge in [0.15, 0.2) is 5.43 Å². The molecule has 5 nitrogen and oxygen atoms in total. The van der Waals surface area contributed by atoms with Crippen molar-refractivity contribution in [3.8, 4) is 5.69 Å². The Hall–Kier alpha value is -3.44. The highest BCUT2D eigenvalue weighted by Crippen LogP contribution is 2.26. The van der Waals surface area contributed by atoms with Gasteiger partial charge in [-0.1, -0.05) is 43.3 Å². The Morgan fingerprint density at radius 2 is 1.71 bits per heavy atom. The summed E-state index contributed by atoms with van der Waals surface area (Å²) in [5, 5.41) is 14.1. The van der Waals surface area contributed by atoms with E-state index >= 15 is 0 Å². The number of anilines is 2. The molecule has 2 heterocycles. The minimum absolute atomic E-state index is 0.120. The maximum Gasteiger partial charge on any atom is 0.193 e. The highest BCUT2D eigenvalue weighted by atomic mass is 16.3. The van der Waals surface area contributed by atoms with Crippen LogP contribution < -0.4 is 10.7 Å². The van der Waals surface area contributed by atoms with E-state index in [-0.39, 0.29) is 5.43 Å². The van der Waals surface area contributed by atoms with Gasteiger partial charge in [0.25, 0.3) is 0 Å². The third-order valence-electron chi connectivity index (χ3n) is 4.71. The summed E-state index contributed by atoms with van der Waals surface area (Å²) in [4.78, 5) is 17.1. The third-order valence-corrected chi connectivity index (χ3v) is 4.71. The van der Waals surface area contributed by atoms with E-state index in [9.17, 15) is 9.90 Å². The summed E-state index contributed by atoms with van der Waals surface area (Å²) < 4.78 is 1.98. The molecule has 0 saturated heterocycles. The molecule has 0 aliphatic carbocycles. The molecule has 2 aromatic heterocycles. The number of nitrogens with zero attached hydrogens (tertiary/aromatic N) is 2. The molecule has 0 aliphatic heterocycles. The van der Waals surface area contributed by atoms with E-state index in [1.807, 2.05) is 72.2 Å². The second-order valence-corrected chi connectivity index (χ2v) is 6.61. The van der Waals surface area contributed by atoms with Crippen LogP contribution in [0.2, 0.25) is 0 Å². The van der Waals surface area contributed by atoms with Crippen LogP contribution in [-0.4, -0.2) is 14.7 Å². The molecule has 5 heteroatoms. The maximum atomic E-state index is 12.8. The van der Waals surface area contributed by atoms with Gasteiger partial charge >= 0.3 is 0 Å². The highest BCUT2D eigenvalue weighted by Gasteiger charge is 2.15. The molecule has 1 atom stereocenters. The van der Waals surface area contributed by atoms with Crippen LogP contribution in [0.25, 0.3) is 16.6 Å². The Bertz CT molecular complexity index is 1160. The molecule has 0 amide bonds. The summed E-state index contributed by atoms with van der Waals surface area (Å²) in [5.41, 5.74) is 2.93. The van der Waals surface area contributed by atoms with Crippen molar-refractivity contribution in [1.82, 2.24) is 9.55 Å². The molecule has 0 fully saturated rings. The van der Waals surface area contributed by atoms with Crippen LogP contribution in [0.4, 0.5) is 11.5 Å². The van der Waals surface area contributed by atoms with E-state index in [4.69, 9.17) is 0 Å². The zero-order valence-corrected chi connectivity index (χ0v) is 15.5.